The van der Waals surface area contributed by atoms with E-state index in [2.05, 4.69) is 39.2 Å². The number of nitrogens with one attached hydrogen (secondary N) is 1. The molecule has 2 amide bonds. The van der Waals surface area contributed by atoms with Crippen molar-refractivity contribution >= 4 is 26.3 Å². The van der Waals surface area contributed by atoms with Gasteiger partial charge in [0.2, 0.25) is 5.79 Å². The van der Waals surface area contributed by atoms with Crippen LogP contribution in [0, 0.1) is 0 Å². The lowest BCUT2D eigenvalue weighted by Crippen LogP contribution is -2.57. The Morgan fingerprint density at radius 3 is 2.04 bits per heavy atom. The number of benzene rings is 3. The van der Waals surface area contributed by atoms with Crippen LogP contribution in [0.1, 0.15) is 81.5 Å². The van der Waals surface area contributed by atoms with E-state index in [9.17, 15) is 14.4 Å². The van der Waals surface area contributed by atoms with Crippen LogP contribution >= 0.6 is 0 Å². The molecule has 1 saturated heterocycles. The predicted octanol–water partition coefficient (Wildman–Crippen LogP) is 8.53. The lowest BCUT2D eigenvalue weighted by atomic mass is 10.1. The normalized spacial score (nSPS) is 18.9. The number of ether oxygens (including phenoxy) is 3. The molecule has 252 valence electrons. The van der Waals surface area contributed by atoms with E-state index in [-0.39, 0.29) is 29.5 Å². The number of amides is 2. The van der Waals surface area contributed by atoms with Gasteiger partial charge in [-0.1, -0.05) is 63.2 Å². The Morgan fingerprint density at radius 2 is 1.43 bits per heavy atom. The van der Waals surface area contributed by atoms with Gasteiger partial charge in [-0.2, -0.15) is 0 Å². The number of carbonyl (C=O) groups excluding carboxylic acids is 3. The zero-order valence-electron chi connectivity index (χ0n) is 28.8. The Balaban J connectivity index is 1.72. The zero-order chi connectivity index (χ0) is 34.5. The smallest absolute Gasteiger partial charge is 0.411 e. The van der Waals surface area contributed by atoms with Crippen molar-refractivity contribution in [2.75, 3.05) is 6.54 Å². The topological polar surface area (TPSA) is 103 Å². The highest BCUT2D eigenvalue weighted by atomic mass is 28.4. The molecule has 4 rings (SSSR count). The Labute approximate surface area is 279 Å². The van der Waals surface area contributed by atoms with Crippen molar-refractivity contribution in [2.24, 2.45) is 0 Å². The molecule has 10 heteroatoms. The van der Waals surface area contributed by atoms with Gasteiger partial charge in [-0.3, -0.25) is 9.69 Å². The van der Waals surface area contributed by atoms with Crippen molar-refractivity contribution in [3.63, 3.8) is 0 Å². The molecule has 1 fully saturated rings. The number of rotatable bonds is 8. The number of para-hydroxylation sites is 1. The molecule has 0 aromatic heterocycles. The minimum atomic E-state index is -2.59. The highest BCUT2D eigenvalue weighted by Crippen LogP contribution is 2.43. The van der Waals surface area contributed by atoms with Gasteiger partial charge >= 0.3 is 12.1 Å². The first-order valence-corrected chi connectivity index (χ1v) is 19.0. The quantitative estimate of drug-likeness (QED) is 0.147. The fraction of sp³-hybridized carbons (Fsp3) is 0.432. The lowest BCUT2D eigenvalue weighted by Gasteiger charge is -2.45. The van der Waals surface area contributed by atoms with Crippen LogP contribution in [0.25, 0.3) is 0 Å². The summed E-state index contributed by atoms with van der Waals surface area (Å²) in [5, 5.41) is 2.80. The number of likely N-dealkylation sites (tertiary alicyclic amines) is 1. The van der Waals surface area contributed by atoms with E-state index < -0.39 is 37.9 Å². The maximum absolute atomic E-state index is 14.0. The Hall–Kier alpha value is -4.15. The monoisotopic (exact) mass is 660 g/mol. The van der Waals surface area contributed by atoms with Crippen molar-refractivity contribution in [3.05, 3.63) is 96.1 Å². The van der Waals surface area contributed by atoms with Crippen molar-refractivity contribution in [3.8, 4) is 11.5 Å². The molecule has 1 aliphatic heterocycles. The minimum absolute atomic E-state index is 0.00325. The first-order valence-electron chi connectivity index (χ1n) is 16.1. The van der Waals surface area contributed by atoms with Gasteiger partial charge in [0.25, 0.3) is 5.91 Å². The molecule has 1 heterocycles. The van der Waals surface area contributed by atoms with Gasteiger partial charge in [-0.15, -0.1) is 0 Å². The molecular formula is C37H48N2O7Si. The molecule has 1 aliphatic rings. The molecule has 2 atom stereocenters. The molecule has 3 aromatic rings. The van der Waals surface area contributed by atoms with Crippen molar-refractivity contribution < 1.29 is 33.0 Å². The second-order valence-corrected chi connectivity index (χ2v) is 19.2. The van der Waals surface area contributed by atoms with Crippen molar-refractivity contribution in [2.45, 2.75) is 96.5 Å². The highest BCUT2D eigenvalue weighted by molar-refractivity contribution is 6.74. The molecule has 0 saturated carbocycles. The SMILES string of the molecule is CC(C)(C)OC(=O)N1CCCC(OC(=O)c2cccc(Oc3ccccc3)c2)(O[Si](C)(C)C(C)(C)C)CC1NC(=O)c1ccccc1. The van der Waals surface area contributed by atoms with E-state index in [4.69, 9.17) is 18.6 Å². The van der Waals surface area contributed by atoms with Gasteiger partial charge in [0, 0.05) is 18.5 Å². The predicted molar refractivity (Wildman–Crippen MR) is 184 cm³/mol. The summed E-state index contributed by atoms with van der Waals surface area (Å²) < 4.78 is 25.2. The number of esters is 1. The van der Waals surface area contributed by atoms with Crippen LogP contribution in [-0.4, -0.2) is 55.3 Å². The van der Waals surface area contributed by atoms with E-state index in [1.807, 2.05) is 36.4 Å². The van der Waals surface area contributed by atoms with Crippen molar-refractivity contribution in [1.82, 2.24) is 10.2 Å². The summed E-state index contributed by atoms with van der Waals surface area (Å²) in [6, 6.07) is 24.9. The van der Waals surface area contributed by atoms with E-state index in [1.165, 1.54) is 4.90 Å². The average Bonchev–Trinajstić information content (AvgIpc) is 3.15. The highest BCUT2D eigenvalue weighted by Gasteiger charge is 2.51. The summed E-state index contributed by atoms with van der Waals surface area (Å²) in [5.41, 5.74) is -0.0374. The fourth-order valence-electron chi connectivity index (χ4n) is 5.04. The van der Waals surface area contributed by atoms with Crippen LogP contribution in [-0.2, 0) is 13.9 Å². The van der Waals surface area contributed by atoms with Gasteiger partial charge in [0.1, 0.15) is 23.3 Å². The summed E-state index contributed by atoms with van der Waals surface area (Å²) in [6.07, 6.45) is -0.719. The van der Waals surface area contributed by atoms with Crippen LogP contribution in [0.5, 0.6) is 11.5 Å². The van der Waals surface area contributed by atoms with Crippen LogP contribution in [0.4, 0.5) is 4.79 Å². The number of carbonyl (C=O) groups is 3. The maximum atomic E-state index is 14.0. The Bertz CT molecular complexity index is 1530. The standard InChI is InChI=1S/C37H48N2O7Si/c1-35(2,3)45-34(42)39-24-16-23-37(46-47(7,8)36(4,5)6,26-31(39)38-32(40)27-17-11-9-12-18-27)44-33(41)28-19-15-22-30(25-28)43-29-20-13-10-14-21-29/h9-15,17-22,25,31H,16,23-24,26H2,1-8H3,(H,38,40). The second-order valence-electron chi connectivity index (χ2n) is 14.4. The molecule has 47 heavy (non-hydrogen) atoms. The zero-order valence-corrected chi connectivity index (χ0v) is 29.8. The number of nitrogens with zero attached hydrogens (tertiary/aromatic N) is 1. The van der Waals surface area contributed by atoms with Crippen molar-refractivity contribution in [1.29, 1.82) is 0 Å². The van der Waals surface area contributed by atoms with Crippen LogP contribution in [0.2, 0.25) is 18.1 Å². The first kappa shape index (κ1) is 35.7. The van der Waals surface area contributed by atoms with Gasteiger partial charge in [-0.25, -0.2) is 9.59 Å². The van der Waals surface area contributed by atoms with Gasteiger partial charge in [0.05, 0.1) is 12.0 Å². The second kappa shape index (κ2) is 14.3. The fourth-order valence-corrected chi connectivity index (χ4v) is 6.50. The number of hydrogen-bond acceptors (Lipinski definition) is 7. The van der Waals surface area contributed by atoms with E-state index in [0.29, 0.717) is 29.9 Å². The van der Waals surface area contributed by atoms with E-state index >= 15 is 0 Å². The average molecular weight is 661 g/mol. The van der Waals surface area contributed by atoms with Crippen LogP contribution in [0.3, 0.4) is 0 Å². The summed E-state index contributed by atoms with van der Waals surface area (Å²) in [7, 11) is -2.59. The van der Waals surface area contributed by atoms with Gasteiger partial charge in [-0.05, 0) is 87.8 Å². The molecule has 9 nitrogen and oxygen atoms in total. The summed E-state index contributed by atoms with van der Waals surface area (Å²) in [5.74, 6) is -1.30. The lowest BCUT2D eigenvalue weighted by molar-refractivity contribution is -0.166. The maximum Gasteiger partial charge on any atom is 0.411 e. The molecule has 0 bridgehead atoms. The molecule has 1 N–H and O–H groups in total. The summed E-state index contributed by atoms with van der Waals surface area (Å²) in [6.45, 7) is 16.1. The van der Waals surface area contributed by atoms with Gasteiger partial charge in [0.15, 0.2) is 8.32 Å². The molecule has 0 aliphatic carbocycles. The Morgan fingerprint density at radius 1 is 0.830 bits per heavy atom. The molecule has 3 aromatic carbocycles. The first-order chi connectivity index (χ1) is 22.0. The number of hydrogen-bond donors (Lipinski definition) is 1. The third kappa shape index (κ3) is 9.68. The third-order valence-corrected chi connectivity index (χ3v) is 12.9. The molecule has 2 unspecified atom stereocenters. The van der Waals surface area contributed by atoms with E-state index in [0.717, 1.165) is 0 Å². The summed E-state index contributed by atoms with van der Waals surface area (Å²) in [4.78, 5) is 42.6. The van der Waals surface area contributed by atoms with Gasteiger partial charge < -0.3 is 24.0 Å². The third-order valence-electron chi connectivity index (χ3n) is 8.37. The minimum Gasteiger partial charge on any atom is -0.457 e. The molecule has 0 spiro atoms. The van der Waals surface area contributed by atoms with Crippen LogP contribution < -0.4 is 10.1 Å². The van der Waals surface area contributed by atoms with Crippen LogP contribution in [0.15, 0.2) is 84.9 Å². The van der Waals surface area contributed by atoms with E-state index in [1.54, 1.807) is 69.3 Å². The Kier molecular flexibility index (Phi) is 10.9. The molecule has 0 radical (unpaired) electrons. The molecular weight excluding hydrogens is 613 g/mol. The summed E-state index contributed by atoms with van der Waals surface area (Å²) >= 11 is 0. The largest absolute Gasteiger partial charge is 0.457 e.